The highest BCUT2D eigenvalue weighted by Crippen LogP contribution is 2.28. The molecule has 1 aliphatic rings. The molecule has 0 spiro atoms. The molecule has 0 aromatic heterocycles. The van der Waals surface area contributed by atoms with E-state index in [0.29, 0.717) is 16.0 Å². The van der Waals surface area contributed by atoms with Crippen molar-refractivity contribution in [2.24, 2.45) is 10.9 Å². The van der Waals surface area contributed by atoms with Gasteiger partial charge >= 0.3 is 0 Å². The number of hydrazine groups is 1. The second kappa shape index (κ2) is 4.52. The number of halogens is 2. The van der Waals surface area contributed by atoms with Crippen LogP contribution in [0, 0.1) is 5.92 Å². The van der Waals surface area contributed by atoms with Gasteiger partial charge in [-0.1, -0.05) is 30.1 Å². The van der Waals surface area contributed by atoms with Gasteiger partial charge in [-0.15, -0.1) is 0 Å². The number of aliphatic imine (C=N–C) groups is 1. The number of rotatable bonds is 1. The molecule has 1 aromatic rings. The molecule has 0 radical (unpaired) electrons. The quantitative estimate of drug-likeness (QED) is 0.838. The van der Waals surface area contributed by atoms with E-state index in [1.54, 1.807) is 13.1 Å². The molecule has 0 bridgehead atoms. The van der Waals surface area contributed by atoms with Crippen molar-refractivity contribution in [3.63, 3.8) is 0 Å². The summed E-state index contributed by atoms with van der Waals surface area (Å²) in [4.78, 5) is 4.19. The van der Waals surface area contributed by atoms with E-state index in [4.69, 9.17) is 23.2 Å². The van der Waals surface area contributed by atoms with Gasteiger partial charge in [-0.3, -0.25) is 15.4 Å². The molecule has 0 unspecified atom stereocenters. The van der Waals surface area contributed by atoms with Crippen molar-refractivity contribution >= 4 is 34.7 Å². The van der Waals surface area contributed by atoms with Gasteiger partial charge in [0.1, 0.15) is 5.84 Å². The van der Waals surface area contributed by atoms with Crippen LogP contribution < -0.4 is 10.4 Å². The molecular weight excluding hydrogens is 245 g/mol. The van der Waals surface area contributed by atoms with Crippen molar-refractivity contribution in [1.82, 2.24) is 5.43 Å². The molecule has 0 saturated carbocycles. The van der Waals surface area contributed by atoms with Crippen molar-refractivity contribution in [2.45, 2.75) is 6.92 Å². The highest BCUT2D eigenvalue weighted by Gasteiger charge is 2.24. The minimum Gasteiger partial charge on any atom is -0.286 e. The highest BCUT2D eigenvalue weighted by molar-refractivity contribution is 6.42. The Labute approximate surface area is 105 Å². The van der Waals surface area contributed by atoms with E-state index in [1.165, 1.54) is 0 Å². The fraction of sp³-hybridized carbons (Fsp3) is 0.364. The number of nitrogens with zero attached hydrogens (tertiary/aromatic N) is 2. The van der Waals surface area contributed by atoms with E-state index in [0.717, 1.165) is 18.1 Å². The zero-order valence-corrected chi connectivity index (χ0v) is 10.7. The van der Waals surface area contributed by atoms with E-state index >= 15 is 0 Å². The van der Waals surface area contributed by atoms with Gasteiger partial charge in [0.25, 0.3) is 0 Å². The van der Waals surface area contributed by atoms with Gasteiger partial charge in [0.15, 0.2) is 0 Å². The average molecular weight is 258 g/mol. The molecule has 86 valence electrons. The standard InChI is InChI=1S/C11H13Cl2N3/c1-7-6-16(15-11(7)14-2)8-3-4-9(12)10(13)5-8/h3-5,7H,6H2,1-2H3,(H,14,15)/t7-/m0/s1. The van der Waals surface area contributed by atoms with E-state index in [2.05, 4.69) is 17.3 Å². The largest absolute Gasteiger partial charge is 0.286 e. The zero-order chi connectivity index (χ0) is 11.7. The molecule has 3 nitrogen and oxygen atoms in total. The van der Waals surface area contributed by atoms with Crippen LogP contribution in [0.2, 0.25) is 10.0 Å². The summed E-state index contributed by atoms with van der Waals surface area (Å²) in [5.74, 6) is 1.39. The Balaban J connectivity index is 2.23. The van der Waals surface area contributed by atoms with E-state index in [9.17, 15) is 0 Å². The Morgan fingerprint density at radius 2 is 2.12 bits per heavy atom. The Morgan fingerprint density at radius 3 is 2.69 bits per heavy atom. The van der Waals surface area contributed by atoms with Gasteiger partial charge in [-0.25, -0.2) is 0 Å². The lowest BCUT2D eigenvalue weighted by atomic mass is 10.2. The van der Waals surface area contributed by atoms with Gasteiger partial charge < -0.3 is 0 Å². The molecule has 1 aliphatic heterocycles. The first-order valence-electron chi connectivity index (χ1n) is 5.07. The molecule has 2 rings (SSSR count). The zero-order valence-electron chi connectivity index (χ0n) is 9.17. The van der Waals surface area contributed by atoms with Gasteiger partial charge in [-0.2, -0.15) is 0 Å². The van der Waals surface area contributed by atoms with Crippen LogP contribution in [0.3, 0.4) is 0 Å². The summed E-state index contributed by atoms with van der Waals surface area (Å²) >= 11 is 11.9. The molecule has 1 saturated heterocycles. The molecule has 1 atom stereocenters. The molecule has 1 heterocycles. The second-order valence-corrected chi connectivity index (χ2v) is 4.65. The summed E-state index contributed by atoms with van der Waals surface area (Å²) in [7, 11) is 1.79. The van der Waals surface area contributed by atoms with Crippen LogP contribution in [0.25, 0.3) is 0 Å². The Hall–Kier alpha value is -0.930. The third-order valence-electron chi connectivity index (χ3n) is 2.63. The molecular formula is C11H13Cl2N3. The van der Waals surface area contributed by atoms with Gasteiger partial charge in [0, 0.05) is 19.5 Å². The molecule has 0 aliphatic carbocycles. The van der Waals surface area contributed by atoms with Gasteiger partial charge in [-0.05, 0) is 18.2 Å². The minimum atomic E-state index is 0.402. The highest BCUT2D eigenvalue weighted by atomic mass is 35.5. The lowest BCUT2D eigenvalue weighted by molar-refractivity contribution is 0.773. The third-order valence-corrected chi connectivity index (χ3v) is 3.37. The number of hydrogen-bond acceptors (Lipinski definition) is 2. The van der Waals surface area contributed by atoms with Crippen LogP contribution in [0.15, 0.2) is 23.2 Å². The van der Waals surface area contributed by atoms with Crippen molar-refractivity contribution < 1.29 is 0 Å². The molecule has 1 fully saturated rings. The van der Waals surface area contributed by atoms with Gasteiger partial charge in [0.2, 0.25) is 0 Å². The number of nitrogens with one attached hydrogen (secondary N) is 1. The maximum absolute atomic E-state index is 5.98. The summed E-state index contributed by atoms with van der Waals surface area (Å²) in [5.41, 5.74) is 4.23. The number of hydrogen-bond donors (Lipinski definition) is 1. The maximum atomic E-state index is 5.98. The van der Waals surface area contributed by atoms with Crippen LogP contribution in [-0.4, -0.2) is 19.4 Å². The van der Waals surface area contributed by atoms with Crippen molar-refractivity contribution in [3.05, 3.63) is 28.2 Å². The topological polar surface area (TPSA) is 27.6 Å². The summed E-state index contributed by atoms with van der Waals surface area (Å²) in [5, 5.41) is 3.16. The van der Waals surface area contributed by atoms with Crippen LogP contribution in [0.4, 0.5) is 5.69 Å². The van der Waals surface area contributed by atoms with Crippen LogP contribution in [0.1, 0.15) is 6.92 Å². The van der Waals surface area contributed by atoms with E-state index < -0.39 is 0 Å². The normalized spacial score (nSPS) is 22.6. The first-order valence-corrected chi connectivity index (χ1v) is 5.83. The lowest BCUT2D eigenvalue weighted by Gasteiger charge is -2.18. The number of amidine groups is 1. The lowest BCUT2D eigenvalue weighted by Crippen LogP contribution is -2.33. The Kier molecular flexibility index (Phi) is 3.26. The fourth-order valence-electron chi connectivity index (χ4n) is 1.75. The maximum Gasteiger partial charge on any atom is 0.119 e. The number of benzene rings is 1. The fourth-order valence-corrected chi connectivity index (χ4v) is 2.04. The van der Waals surface area contributed by atoms with E-state index in [1.807, 2.05) is 17.1 Å². The summed E-state index contributed by atoms with van der Waals surface area (Å²) in [6, 6.07) is 5.58. The van der Waals surface area contributed by atoms with Crippen LogP contribution in [-0.2, 0) is 0 Å². The monoisotopic (exact) mass is 257 g/mol. The molecule has 5 heteroatoms. The summed E-state index contributed by atoms with van der Waals surface area (Å²) < 4.78 is 0. The van der Waals surface area contributed by atoms with E-state index in [-0.39, 0.29) is 0 Å². The Morgan fingerprint density at radius 1 is 1.38 bits per heavy atom. The summed E-state index contributed by atoms with van der Waals surface area (Å²) in [6.07, 6.45) is 0. The van der Waals surface area contributed by atoms with Crippen molar-refractivity contribution in [1.29, 1.82) is 0 Å². The first kappa shape index (κ1) is 11.6. The predicted molar refractivity (Wildman–Crippen MR) is 69.5 cm³/mol. The first-order chi connectivity index (χ1) is 7.61. The second-order valence-electron chi connectivity index (χ2n) is 3.83. The van der Waals surface area contributed by atoms with Crippen molar-refractivity contribution in [3.8, 4) is 0 Å². The Bertz CT molecular complexity index is 431. The molecule has 16 heavy (non-hydrogen) atoms. The molecule has 0 amide bonds. The molecule has 1 N–H and O–H groups in total. The third kappa shape index (κ3) is 2.11. The summed E-state index contributed by atoms with van der Waals surface area (Å²) in [6.45, 7) is 3.01. The predicted octanol–water partition coefficient (Wildman–Crippen LogP) is 2.98. The van der Waals surface area contributed by atoms with Gasteiger partial charge in [0.05, 0.1) is 15.7 Å². The van der Waals surface area contributed by atoms with Crippen LogP contribution in [0.5, 0.6) is 0 Å². The molecule has 1 aromatic carbocycles. The van der Waals surface area contributed by atoms with Crippen LogP contribution >= 0.6 is 23.2 Å². The number of anilines is 1. The SMILES string of the molecule is CN=C1NN(c2ccc(Cl)c(Cl)c2)C[C@@H]1C. The minimum absolute atomic E-state index is 0.402. The average Bonchev–Trinajstić information content (AvgIpc) is 2.64. The van der Waals surface area contributed by atoms with Crippen molar-refractivity contribution in [2.75, 3.05) is 18.6 Å². The smallest absolute Gasteiger partial charge is 0.119 e.